The van der Waals surface area contributed by atoms with Crippen molar-refractivity contribution in [1.29, 1.82) is 0 Å². The molecule has 1 heterocycles. The Hall–Kier alpha value is -1.25. The lowest BCUT2D eigenvalue weighted by Gasteiger charge is -2.03. The largest absolute Gasteiger partial charge is 0.434 e. The van der Waals surface area contributed by atoms with Gasteiger partial charge in [-0.1, -0.05) is 84.0 Å². The second-order valence-corrected chi connectivity index (χ2v) is 6.40. The van der Waals surface area contributed by atoms with Crippen molar-refractivity contribution in [1.82, 2.24) is 0 Å². The Morgan fingerprint density at radius 2 is 1.39 bits per heavy atom. The fourth-order valence-corrected chi connectivity index (χ4v) is 2.77. The first-order valence-corrected chi connectivity index (χ1v) is 9.57. The van der Waals surface area contributed by atoms with Crippen LogP contribution in [0.2, 0.25) is 0 Å². The molecule has 0 saturated carbocycles. The monoisotopic (exact) mass is 322 g/mol. The number of hydrogen-bond donors (Lipinski definition) is 0. The van der Waals surface area contributed by atoms with Gasteiger partial charge in [-0.15, -0.1) is 0 Å². The van der Waals surface area contributed by atoms with E-state index in [2.05, 4.69) is 6.92 Å². The van der Waals surface area contributed by atoms with E-state index in [1.54, 1.807) is 12.1 Å². The molecule has 0 unspecified atom stereocenters. The summed E-state index contributed by atoms with van der Waals surface area (Å²) in [5.74, 6) is 0.104. The summed E-state index contributed by atoms with van der Waals surface area (Å²) in [6, 6.07) is 3.37. The lowest BCUT2D eigenvalue weighted by Crippen LogP contribution is -2.06. The highest BCUT2D eigenvalue weighted by Gasteiger charge is 2.05. The lowest BCUT2D eigenvalue weighted by atomic mass is 10.0. The summed E-state index contributed by atoms with van der Waals surface area (Å²) in [7, 11) is 0. The van der Waals surface area contributed by atoms with Gasteiger partial charge in [-0.2, -0.15) is 0 Å². The van der Waals surface area contributed by atoms with Gasteiger partial charge in [-0.05, 0) is 12.5 Å². The Kier molecular flexibility index (Phi) is 12.4. The lowest BCUT2D eigenvalue weighted by molar-refractivity contribution is -0.135. The second kappa shape index (κ2) is 14.3. The van der Waals surface area contributed by atoms with Gasteiger partial charge in [0.25, 0.3) is 5.95 Å². The molecule has 0 bridgehead atoms. The number of carbonyl (C=O) groups excluding carboxylic acids is 1. The number of furan rings is 1. The molecule has 0 radical (unpaired) electrons. The summed E-state index contributed by atoms with van der Waals surface area (Å²) in [5.41, 5.74) is 0. The third-order valence-electron chi connectivity index (χ3n) is 4.19. The van der Waals surface area contributed by atoms with Crippen molar-refractivity contribution in [2.75, 3.05) is 0 Å². The Morgan fingerprint density at radius 1 is 0.870 bits per heavy atom. The number of ether oxygens (including phenoxy) is 1. The molecule has 3 heteroatoms. The van der Waals surface area contributed by atoms with E-state index in [9.17, 15) is 4.79 Å². The van der Waals surface area contributed by atoms with Crippen LogP contribution in [-0.2, 0) is 4.79 Å². The smallest absolute Gasteiger partial charge is 0.313 e. The van der Waals surface area contributed by atoms with Gasteiger partial charge in [-0.25, -0.2) is 0 Å². The predicted molar refractivity (Wildman–Crippen MR) is 94.7 cm³/mol. The van der Waals surface area contributed by atoms with E-state index in [0.717, 1.165) is 12.8 Å². The van der Waals surface area contributed by atoms with Crippen LogP contribution in [0.3, 0.4) is 0 Å². The van der Waals surface area contributed by atoms with Crippen LogP contribution in [0.4, 0.5) is 0 Å². The first kappa shape index (κ1) is 19.8. The van der Waals surface area contributed by atoms with Crippen LogP contribution in [0.25, 0.3) is 0 Å². The number of unbranched alkanes of at least 4 members (excludes halogenated alkanes) is 12. The Labute approximate surface area is 141 Å². The first-order valence-electron chi connectivity index (χ1n) is 9.57. The van der Waals surface area contributed by atoms with Gasteiger partial charge in [0.05, 0.1) is 6.26 Å². The fraction of sp³-hybridized carbons (Fsp3) is 0.750. The van der Waals surface area contributed by atoms with Gasteiger partial charge < -0.3 is 9.15 Å². The van der Waals surface area contributed by atoms with Crippen LogP contribution in [0.5, 0.6) is 5.95 Å². The SMILES string of the molecule is CCCCCCCCCCCCCCCC(=O)Oc1ccco1. The molecule has 1 aromatic rings. The molecule has 0 aliphatic carbocycles. The van der Waals surface area contributed by atoms with E-state index in [4.69, 9.17) is 9.15 Å². The minimum atomic E-state index is -0.192. The van der Waals surface area contributed by atoms with Gasteiger partial charge in [0, 0.05) is 12.5 Å². The standard InChI is InChI=1S/C20H34O3/c1-2-3-4-5-6-7-8-9-10-11-12-13-14-16-19(21)23-20-17-15-18-22-20/h15,17-18H,2-14,16H2,1H3. The van der Waals surface area contributed by atoms with Crippen LogP contribution >= 0.6 is 0 Å². The maximum Gasteiger partial charge on any atom is 0.313 e. The number of rotatable bonds is 15. The zero-order valence-electron chi connectivity index (χ0n) is 14.9. The fourth-order valence-electron chi connectivity index (χ4n) is 2.77. The molecular weight excluding hydrogens is 288 g/mol. The minimum absolute atomic E-state index is 0.192. The number of hydrogen-bond acceptors (Lipinski definition) is 3. The molecule has 0 fully saturated rings. The van der Waals surface area contributed by atoms with Gasteiger partial charge >= 0.3 is 5.97 Å². The van der Waals surface area contributed by atoms with Crippen molar-refractivity contribution in [3.63, 3.8) is 0 Å². The summed E-state index contributed by atoms with van der Waals surface area (Å²) in [6.45, 7) is 2.27. The Bertz CT molecular complexity index is 370. The highest BCUT2D eigenvalue weighted by atomic mass is 16.6. The average molecular weight is 322 g/mol. The quantitative estimate of drug-likeness (QED) is 0.267. The topological polar surface area (TPSA) is 39.4 Å². The molecule has 0 saturated heterocycles. The summed E-state index contributed by atoms with van der Waals surface area (Å²) < 4.78 is 10.0. The summed E-state index contributed by atoms with van der Waals surface area (Å²) in [5, 5.41) is 0. The molecule has 1 aromatic heterocycles. The molecule has 132 valence electrons. The van der Waals surface area contributed by atoms with Crippen molar-refractivity contribution in [2.24, 2.45) is 0 Å². The number of carbonyl (C=O) groups is 1. The van der Waals surface area contributed by atoms with Gasteiger partial charge in [0.15, 0.2) is 0 Å². The van der Waals surface area contributed by atoms with Crippen molar-refractivity contribution in [2.45, 2.75) is 96.8 Å². The van der Waals surface area contributed by atoms with E-state index in [1.165, 1.54) is 76.9 Å². The molecule has 0 spiro atoms. The average Bonchev–Trinajstić information content (AvgIpc) is 3.04. The van der Waals surface area contributed by atoms with Crippen molar-refractivity contribution in [3.05, 3.63) is 18.4 Å². The van der Waals surface area contributed by atoms with Crippen LogP contribution in [0.1, 0.15) is 96.8 Å². The van der Waals surface area contributed by atoms with Gasteiger partial charge in [0.2, 0.25) is 0 Å². The normalized spacial score (nSPS) is 10.8. The van der Waals surface area contributed by atoms with Crippen molar-refractivity contribution >= 4 is 5.97 Å². The summed E-state index contributed by atoms with van der Waals surface area (Å²) >= 11 is 0. The third kappa shape index (κ3) is 11.9. The molecule has 23 heavy (non-hydrogen) atoms. The minimum Gasteiger partial charge on any atom is -0.434 e. The van der Waals surface area contributed by atoms with Crippen LogP contribution in [0.15, 0.2) is 22.8 Å². The molecule has 0 atom stereocenters. The van der Waals surface area contributed by atoms with Crippen molar-refractivity contribution in [3.8, 4) is 5.95 Å². The second-order valence-electron chi connectivity index (χ2n) is 6.40. The highest BCUT2D eigenvalue weighted by molar-refractivity contribution is 5.71. The Balaban J connectivity index is 1.77. The molecule has 0 aliphatic heterocycles. The van der Waals surface area contributed by atoms with E-state index in [0.29, 0.717) is 12.4 Å². The summed E-state index contributed by atoms with van der Waals surface area (Å²) in [6.07, 6.45) is 19.0. The molecule has 0 amide bonds. The predicted octanol–water partition coefficient (Wildman–Crippen LogP) is 6.67. The van der Waals surface area contributed by atoms with E-state index in [-0.39, 0.29) is 5.97 Å². The van der Waals surface area contributed by atoms with E-state index < -0.39 is 0 Å². The first-order chi connectivity index (χ1) is 11.3. The molecule has 3 nitrogen and oxygen atoms in total. The highest BCUT2D eigenvalue weighted by Crippen LogP contribution is 2.14. The molecular formula is C20H34O3. The molecule has 0 N–H and O–H groups in total. The Morgan fingerprint density at radius 3 is 1.87 bits per heavy atom. The maximum absolute atomic E-state index is 11.5. The zero-order chi connectivity index (χ0) is 16.6. The van der Waals surface area contributed by atoms with Gasteiger partial charge in [-0.3, -0.25) is 4.79 Å². The maximum atomic E-state index is 11.5. The molecule has 1 rings (SSSR count). The van der Waals surface area contributed by atoms with Crippen LogP contribution in [-0.4, -0.2) is 5.97 Å². The van der Waals surface area contributed by atoms with Crippen LogP contribution in [0, 0.1) is 0 Å². The summed E-state index contributed by atoms with van der Waals surface area (Å²) in [4.78, 5) is 11.5. The van der Waals surface area contributed by atoms with Crippen molar-refractivity contribution < 1.29 is 13.9 Å². The number of esters is 1. The van der Waals surface area contributed by atoms with E-state index in [1.807, 2.05) is 0 Å². The third-order valence-corrected chi connectivity index (χ3v) is 4.19. The molecule has 0 aliphatic rings. The zero-order valence-corrected chi connectivity index (χ0v) is 14.9. The van der Waals surface area contributed by atoms with Crippen LogP contribution < -0.4 is 4.74 Å². The van der Waals surface area contributed by atoms with E-state index >= 15 is 0 Å². The molecule has 0 aromatic carbocycles. The van der Waals surface area contributed by atoms with Gasteiger partial charge in [0.1, 0.15) is 0 Å².